The second kappa shape index (κ2) is 14.9. The predicted octanol–water partition coefficient (Wildman–Crippen LogP) is 9.44. The van der Waals surface area contributed by atoms with Gasteiger partial charge in [-0.05, 0) is 67.9 Å². The molecule has 0 atom stereocenters. The number of unbranched alkanes of at least 4 members (excludes halogenated alkanes) is 4. The van der Waals surface area contributed by atoms with Crippen LogP contribution in [0.3, 0.4) is 0 Å². The van der Waals surface area contributed by atoms with Gasteiger partial charge in [0.25, 0.3) is 0 Å². The Morgan fingerprint density at radius 3 is 1.85 bits per heavy atom. The molecule has 0 heterocycles. The van der Waals surface area contributed by atoms with E-state index >= 15 is 0 Å². The van der Waals surface area contributed by atoms with Crippen LogP contribution in [0.15, 0.2) is 18.2 Å². The van der Waals surface area contributed by atoms with E-state index in [1.807, 2.05) is 6.07 Å². The lowest BCUT2D eigenvalue weighted by molar-refractivity contribution is -0.140. The van der Waals surface area contributed by atoms with Crippen molar-refractivity contribution < 1.29 is 13.9 Å². The van der Waals surface area contributed by atoms with E-state index in [9.17, 15) is 9.18 Å². The summed E-state index contributed by atoms with van der Waals surface area (Å²) >= 11 is 0. The maximum atomic E-state index is 14.7. The van der Waals surface area contributed by atoms with Gasteiger partial charge < -0.3 is 4.74 Å². The summed E-state index contributed by atoms with van der Waals surface area (Å²) in [5, 5.41) is 0. The van der Waals surface area contributed by atoms with Gasteiger partial charge in [0, 0.05) is 6.07 Å². The quantitative estimate of drug-likeness (QED) is 0.162. The van der Waals surface area contributed by atoms with Gasteiger partial charge in [0.05, 0.1) is 5.92 Å². The Hall–Kier alpha value is -1.38. The van der Waals surface area contributed by atoms with Crippen molar-refractivity contribution in [3.8, 4) is 5.75 Å². The van der Waals surface area contributed by atoms with Crippen molar-refractivity contribution in [1.82, 2.24) is 0 Å². The van der Waals surface area contributed by atoms with Crippen molar-refractivity contribution in [2.45, 2.75) is 129 Å². The fourth-order valence-corrected chi connectivity index (χ4v) is 6.22. The van der Waals surface area contributed by atoms with E-state index < -0.39 is 0 Å². The SMILES string of the molecule is CCCCCC1CCC(CCc2ccc(OC(=O)C3CCC(CCCCC)CC3)cc2F)CC1. The molecule has 2 fully saturated rings. The first-order chi connectivity index (χ1) is 16.6. The lowest BCUT2D eigenvalue weighted by Crippen LogP contribution is -2.25. The molecule has 1 aromatic rings. The maximum Gasteiger partial charge on any atom is 0.314 e. The lowest BCUT2D eigenvalue weighted by atomic mass is 9.78. The zero-order chi connectivity index (χ0) is 24.2. The number of hydrogen-bond acceptors (Lipinski definition) is 2. The smallest absolute Gasteiger partial charge is 0.314 e. The molecule has 34 heavy (non-hydrogen) atoms. The van der Waals surface area contributed by atoms with Crippen LogP contribution in [0.25, 0.3) is 0 Å². The molecule has 3 heteroatoms. The number of halogens is 1. The number of benzene rings is 1. The van der Waals surface area contributed by atoms with Gasteiger partial charge in [-0.2, -0.15) is 0 Å². The van der Waals surface area contributed by atoms with E-state index in [4.69, 9.17) is 4.74 Å². The van der Waals surface area contributed by atoms with Gasteiger partial charge in [-0.25, -0.2) is 4.39 Å². The largest absolute Gasteiger partial charge is 0.426 e. The first-order valence-corrected chi connectivity index (χ1v) is 14.6. The highest BCUT2D eigenvalue weighted by Gasteiger charge is 2.28. The van der Waals surface area contributed by atoms with Crippen LogP contribution in [0.5, 0.6) is 5.75 Å². The van der Waals surface area contributed by atoms with Crippen LogP contribution in [0.2, 0.25) is 0 Å². The third-order valence-corrected chi connectivity index (χ3v) is 8.64. The Labute approximate surface area is 208 Å². The zero-order valence-electron chi connectivity index (χ0n) is 22.0. The average Bonchev–Trinajstić information content (AvgIpc) is 2.85. The van der Waals surface area contributed by atoms with Crippen LogP contribution >= 0.6 is 0 Å². The molecule has 192 valence electrons. The molecular formula is C31H49FO2. The standard InChI is InChI=1S/C31H49FO2/c1-3-5-7-9-24-11-13-26(14-12-24)15-18-27-21-22-29(23-30(27)32)34-31(33)28-19-16-25(17-20-28)10-8-6-4-2/h21-26,28H,3-20H2,1-2H3. The highest BCUT2D eigenvalue weighted by molar-refractivity contribution is 5.75. The minimum absolute atomic E-state index is 0.0257. The van der Waals surface area contributed by atoms with Gasteiger partial charge >= 0.3 is 5.97 Å². The Kier molecular flexibility index (Phi) is 11.9. The molecule has 0 aliphatic heterocycles. The number of esters is 1. The van der Waals surface area contributed by atoms with E-state index in [0.29, 0.717) is 5.75 Å². The molecular weight excluding hydrogens is 423 g/mol. The normalized spacial score (nSPS) is 25.3. The van der Waals surface area contributed by atoms with Crippen molar-refractivity contribution in [3.63, 3.8) is 0 Å². The van der Waals surface area contributed by atoms with Gasteiger partial charge in [-0.3, -0.25) is 4.79 Å². The van der Waals surface area contributed by atoms with Crippen molar-refractivity contribution in [3.05, 3.63) is 29.6 Å². The van der Waals surface area contributed by atoms with Crippen molar-refractivity contribution >= 4 is 5.97 Å². The Balaban J connectivity index is 1.37. The summed E-state index contributed by atoms with van der Waals surface area (Å²) in [6.45, 7) is 4.51. The fraction of sp³-hybridized carbons (Fsp3) is 0.774. The zero-order valence-corrected chi connectivity index (χ0v) is 22.0. The first kappa shape index (κ1) is 27.2. The van der Waals surface area contributed by atoms with Gasteiger partial charge in [0.2, 0.25) is 0 Å². The molecule has 2 aliphatic carbocycles. The maximum absolute atomic E-state index is 14.7. The second-order valence-corrected chi connectivity index (χ2v) is 11.3. The summed E-state index contributed by atoms with van der Waals surface area (Å²) in [7, 11) is 0. The number of ether oxygens (including phenoxy) is 1. The summed E-state index contributed by atoms with van der Waals surface area (Å²) in [6.07, 6.45) is 21.9. The Morgan fingerprint density at radius 2 is 1.32 bits per heavy atom. The summed E-state index contributed by atoms with van der Waals surface area (Å²) in [6, 6.07) is 5.05. The van der Waals surface area contributed by atoms with Crippen LogP contribution < -0.4 is 4.74 Å². The molecule has 0 N–H and O–H groups in total. The lowest BCUT2D eigenvalue weighted by Gasteiger charge is -2.28. The summed E-state index contributed by atoms with van der Waals surface area (Å²) in [5.74, 6) is 2.36. The molecule has 0 bridgehead atoms. The molecule has 0 radical (unpaired) electrons. The molecule has 0 amide bonds. The fourth-order valence-electron chi connectivity index (χ4n) is 6.22. The third kappa shape index (κ3) is 9.00. The van der Waals surface area contributed by atoms with E-state index in [2.05, 4.69) is 13.8 Å². The minimum atomic E-state index is -0.224. The van der Waals surface area contributed by atoms with E-state index in [1.165, 1.54) is 83.1 Å². The second-order valence-electron chi connectivity index (χ2n) is 11.3. The molecule has 0 saturated heterocycles. The van der Waals surface area contributed by atoms with Gasteiger partial charge in [0.1, 0.15) is 11.6 Å². The number of rotatable bonds is 13. The van der Waals surface area contributed by atoms with Gasteiger partial charge in [-0.15, -0.1) is 0 Å². The minimum Gasteiger partial charge on any atom is -0.426 e. The summed E-state index contributed by atoms with van der Waals surface area (Å²) < 4.78 is 20.3. The number of hydrogen-bond donors (Lipinski definition) is 0. The van der Waals surface area contributed by atoms with Crippen LogP contribution in [0.4, 0.5) is 4.39 Å². The van der Waals surface area contributed by atoms with Crippen LogP contribution in [-0.2, 0) is 11.2 Å². The molecule has 2 nitrogen and oxygen atoms in total. The van der Waals surface area contributed by atoms with Crippen molar-refractivity contribution in [2.75, 3.05) is 0 Å². The van der Waals surface area contributed by atoms with Crippen molar-refractivity contribution in [1.29, 1.82) is 0 Å². The molecule has 1 aromatic carbocycles. The monoisotopic (exact) mass is 472 g/mol. The molecule has 0 spiro atoms. The first-order valence-electron chi connectivity index (χ1n) is 14.6. The highest BCUT2D eigenvalue weighted by Crippen LogP contribution is 2.35. The third-order valence-electron chi connectivity index (χ3n) is 8.64. The Bertz CT molecular complexity index is 714. The van der Waals surface area contributed by atoms with E-state index in [1.54, 1.807) is 6.07 Å². The number of carbonyl (C=O) groups is 1. The number of carbonyl (C=O) groups excluding carboxylic acids is 1. The van der Waals surface area contributed by atoms with Gasteiger partial charge in [0.15, 0.2) is 0 Å². The number of aryl methyl sites for hydroxylation is 1. The molecule has 2 aliphatic rings. The van der Waals surface area contributed by atoms with Gasteiger partial charge in [-0.1, -0.05) is 97.0 Å². The highest BCUT2D eigenvalue weighted by atomic mass is 19.1. The molecule has 3 rings (SSSR count). The summed E-state index contributed by atoms with van der Waals surface area (Å²) in [4.78, 5) is 12.6. The van der Waals surface area contributed by atoms with E-state index in [0.717, 1.165) is 61.8 Å². The topological polar surface area (TPSA) is 26.3 Å². The molecule has 2 saturated carbocycles. The molecule has 0 unspecified atom stereocenters. The van der Waals surface area contributed by atoms with E-state index in [-0.39, 0.29) is 17.7 Å². The predicted molar refractivity (Wildman–Crippen MR) is 140 cm³/mol. The van der Waals surface area contributed by atoms with Crippen molar-refractivity contribution in [2.24, 2.45) is 23.7 Å². The summed E-state index contributed by atoms with van der Waals surface area (Å²) in [5.41, 5.74) is 0.762. The van der Waals surface area contributed by atoms with Crippen LogP contribution in [-0.4, -0.2) is 5.97 Å². The average molecular weight is 473 g/mol. The van der Waals surface area contributed by atoms with Crippen LogP contribution in [0, 0.1) is 29.5 Å². The Morgan fingerprint density at radius 1 is 0.794 bits per heavy atom. The van der Waals surface area contributed by atoms with Crippen LogP contribution in [0.1, 0.15) is 129 Å². The molecule has 0 aromatic heterocycles.